The van der Waals surface area contributed by atoms with Crippen molar-refractivity contribution in [1.29, 1.82) is 0 Å². The SMILES string of the molecule is CS(=O)(=O)CCSc1nc2c(cnn2-c2ccccc2)c(=O)[nH]1. The van der Waals surface area contributed by atoms with Crippen molar-refractivity contribution in [3.63, 3.8) is 0 Å². The highest BCUT2D eigenvalue weighted by Crippen LogP contribution is 2.17. The molecule has 0 amide bonds. The van der Waals surface area contributed by atoms with E-state index in [1.54, 1.807) is 4.68 Å². The lowest BCUT2D eigenvalue weighted by Crippen LogP contribution is -2.11. The summed E-state index contributed by atoms with van der Waals surface area (Å²) < 4.78 is 23.9. The molecule has 0 fully saturated rings. The second-order valence-electron chi connectivity index (χ2n) is 4.98. The maximum Gasteiger partial charge on any atom is 0.262 e. The van der Waals surface area contributed by atoms with Crippen LogP contribution >= 0.6 is 11.8 Å². The third-order valence-corrected chi connectivity index (χ3v) is 5.19. The molecule has 0 saturated carbocycles. The Morgan fingerprint density at radius 2 is 2.00 bits per heavy atom. The van der Waals surface area contributed by atoms with Crippen molar-refractivity contribution in [2.75, 3.05) is 17.8 Å². The van der Waals surface area contributed by atoms with Gasteiger partial charge in [0.25, 0.3) is 5.56 Å². The zero-order chi connectivity index (χ0) is 16.4. The number of fused-ring (bicyclic) bond motifs is 1. The minimum absolute atomic E-state index is 0.0252. The van der Waals surface area contributed by atoms with Crippen LogP contribution in [0, 0.1) is 0 Å². The number of hydrogen-bond donors (Lipinski definition) is 1. The summed E-state index contributed by atoms with van der Waals surface area (Å²) in [5.74, 6) is 0.351. The van der Waals surface area contributed by atoms with Gasteiger partial charge in [-0.3, -0.25) is 4.79 Å². The predicted molar refractivity (Wildman–Crippen MR) is 89.9 cm³/mol. The van der Waals surface area contributed by atoms with Crippen LogP contribution in [0.25, 0.3) is 16.7 Å². The van der Waals surface area contributed by atoms with E-state index in [1.165, 1.54) is 24.2 Å². The number of rotatable bonds is 5. The van der Waals surface area contributed by atoms with E-state index in [4.69, 9.17) is 0 Å². The molecular formula is C14H14N4O3S2. The van der Waals surface area contributed by atoms with Crippen LogP contribution in [-0.2, 0) is 9.84 Å². The first kappa shape index (κ1) is 15.8. The fraction of sp³-hybridized carbons (Fsp3) is 0.214. The molecule has 2 heterocycles. The maximum atomic E-state index is 12.1. The quantitative estimate of drug-likeness (QED) is 0.549. The number of para-hydroxylation sites is 1. The van der Waals surface area contributed by atoms with Gasteiger partial charge in [-0.05, 0) is 12.1 Å². The number of benzene rings is 1. The number of aromatic nitrogens is 4. The molecule has 0 aliphatic carbocycles. The highest BCUT2D eigenvalue weighted by atomic mass is 32.2. The predicted octanol–water partition coefficient (Wildman–Crippen LogP) is 1.25. The van der Waals surface area contributed by atoms with Crippen LogP contribution in [0.15, 0.2) is 46.5 Å². The molecule has 3 aromatic rings. The van der Waals surface area contributed by atoms with Crippen LogP contribution in [-0.4, -0.2) is 45.9 Å². The summed E-state index contributed by atoms with van der Waals surface area (Å²) in [4.78, 5) is 19.2. The summed E-state index contributed by atoms with van der Waals surface area (Å²) in [5.41, 5.74) is 0.952. The normalized spacial score (nSPS) is 11.9. The minimum Gasteiger partial charge on any atom is -0.301 e. The van der Waals surface area contributed by atoms with E-state index in [0.717, 1.165) is 5.69 Å². The highest BCUT2D eigenvalue weighted by Gasteiger charge is 2.12. The lowest BCUT2D eigenvalue weighted by molar-refractivity contribution is 0.603. The van der Waals surface area contributed by atoms with Gasteiger partial charge in [0.05, 0.1) is 17.6 Å². The topological polar surface area (TPSA) is 97.7 Å². The first-order valence-corrected chi connectivity index (χ1v) is 9.83. The molecule has 0 radical (unpaired) electrons. The van der Waals surface area contributed by atoms with E-state index in [2.05, 4.69) is 15.1 Å². The van der Waals surface area contributed by atoms with Crippen molar-refractivity contribution in [1.82, 2.24) is 19.7 Å². The van der Waals surface area contributed by atoms with E-state index in [0.29, 0.717) is 21.9 Å². The first-order chi connectivity index (χ1) is 10.9. The van der Waals surface area contributed by atoms with Crippen molar-refractivity contribution in [3.8, 4) is 5.69 Å². The third-order valence-electron chi connectivity index (χ3n) is 3.11. The molecule has 120 valence electrons. The Morgan fingerprint density at radius 1 is 1.26 bits per heavy atom. The standard InChI is InChI=1S/C14H14N4O3S2/c1-23(20,21)8-7-22-14-16-12-11(13(19)17-14)9-15-18(12)10-5-3-2-4-6-10/h2-6,9H,7-8H2,1H3,(H,16,17,19). The molecule has 9 heteroatoms. The van der Waals surface area contributed by atoms with Gasteiger partial charge >= 0.3 is 0 Å². The fourth-order valence-electron chi connectivity index (χ4n) is 2.01. The van der Waals surface area contributed by atoms with Crippen molar-refractivity contribution >= 4 is 32.6 Å². The number of aromatic amines is 1. The van der Waals surface area contributed by atoms with Gasteiger partial charge in [-0.15, -0.1) is 0 Å². The Balaban J connectivity index is 1.98. The largest absolute Gasteiger partial charge is 0.301 e. The molecule has 0 atom stereocenters. The van der Waals surface area contributed by atoms with Crippen molar-refractivity contribution in [3.05, 3.63) is 46.9 Å². The lowest BCUT2D eigenvalue weighted by Gasteiger charge is -2.04. The van der Waals surface area contributed by atoms with Crippen molar-refractivity contribution in [2.45, 2.75) is 5.16 Å². The second kappa shape index (κ2) is 6.17. The maximum absolute atomic E-state index is 12.1. The van der Waals surface area contributed by atoms with E-state index in [9.17, 15) is 13.2 Å². The molecular weight excluding hydrogens is 336 g/mol. The molecule has 0 aliphatic heterocycles. The van der Waals surface area contributed by atoms with Crippen molar-refractivity contribution in [2.24, 2.45) is 0 Å². The van der Waals surface area contributed by atoms with Gasteiger partial charge in [0.15, 0.2) is 10.8 Å². The van der Waals surface area contributed by atoms with Gasteiger partial charge in [0.1, 0.15) is 15.2 Å². The monoisotopic (exact) mass is 350 g/mol. The average molecular weight is 350 g/mol. The van der Waals surface area contributed by atoms with E-state index in [-0.39, 0.29) is 11.3 Å². The van der Waals surface area contributed by atoms with Gasteiger partial charge in [0, 0.05) is 12.0 Å². The number of nitrogens with zero attached hydrogens (tertiary/aromatic N) is 3. The number of thioether (sulfide) groups is 1. The number of H-pyrrole nitrogens is 1. The lowest BCUT2D eigenvalue weighted by atomic mass is 10.3. The molecule has 0 saturated heterocycles. The van der Waals surface area contributed by atoms with Gasteiger partial charge in [-0.25, -0.2) is 18.1 Å². The van der Waals surface area contributed by atoms with Gasteiger partial charge < -0.3 is 4.98 Å². The fourth-order valence-corrected chi connectivity index (χ4v) is 4.07. The Kier molecular flexibility index (Phi) is 4.22. The smallest absolute Gasteiger partial charge is 0.262 e. The number of nitrogens with one attached hydrogen (secondary N) is 1. The van der Waals surface area contributed by atoms with Crippen LogP contribution in [0.3, 0.4) is 0 Å². The number of sulfone groups is 1. The molecule has 23 heavy (non-hydrogen) atoms. The summed E-state index contributed by atoms with van der Waals surface area (Å²) in [6.45, 7) is 0. The van der Waals surface area contributed by atoms with Gasteiger partial charge in [-0.2, -0.15) is 5.10 Å². The zero-order valence-electron chi connectivity index (χ0n) is 12.3. The minimum atomic E-state index is -3.05. The Hall–Kier alpha value is -2.13. The van der Waals surface area contributed by atoms with E-state index in [1.807, 2.05) is 30.3 Å². The number of hydrogen-bond acceptors (Lipinski definition) is 6. The van der Waals surface area contributed by atoms with Crippen LogP contribution in [0.2, 0.25) is 0 Å². The Labute approximate surface area is 136 Å². The van der Waals surface area contributed by atoms with Crippen molar-refractivity contribution < 1.29 is 8.42 Å². The molecule has 0 aliphatic rings. The summed E-state index contributed by atoms with van der Waals surface area (Å²) in [6, 6.07) is 9.37. The molecule has 7 nitrogen and oxygen atoms in total. The molecule has 2 aromatic heterocycles. The van der Waals surface area contributed by atoms with Gasteiger partial charge in [-0.1, -0.05) is 30.0 Å². The molecule has 3 rings (SSSR count). The summed E-state index contributed by atoms with van der Waals surface area (Å²) >= 11 is 1.20. The van der Waals surface area contributed by atoms with Crippen LogP contribution in [0.4, 0.5) is 0 Å². The summed E-state index contributed by atoms with van der Waals surface area (Å²) in [7, 11) is -3.05. The summed E-state index contributed by atoms with van der Waals surface area (Å²) in [6.07, 6.45) is 2.65. The van der Waals surface area contributed by atoms with Crippen LogP contribution in [0.5, 0.6) is 0 Å². The summed E-state index contributed by atoms with van der Waals surface area (Å²) in [5, 5.41) is 4.98. The average Bonchev–Trinajstić information content (AvgIpc) is 2.91. The molecule has 1 aromatic carbocycles. The molecule has 1 N–H and O–H groups in total. The van der Waals surface area contributed by atoms with Crippen LogP contribution in [0.1, 0.15) is 0 Å². The molecule has 0 unspecified atom stereocenters. The van der Waals surface area contributed by atoms with Gasteiger partial charge in [0.2, 0.25) is 0 Å². The first-order valence-electron chi connectivity index (χ1n) is 6.78. The molecule has 0 spiro atoms. The van der Waals surface area contributed by atoms with E-state index >= 15 is 0 Å². The second-order valence-corrected chi connectivity index (χ2v) is 8.32. The van der Waals surface area contributed by atoms with Crippen LogP contribution < -0.4 is 5.56 Å². The third kappa shape index (κ3) is 3.62. The van der Waals surface area contributed by atoms with E-state index < -0.39 is 9.84 Å². The molecule has 0 bridgehead atoms. The Morgan fingerprint density at radius 3 is 2.70 bits per heavy atom. The highest BCUT2D eigenvalue weighted by molar-refractivity contribution is 8.00. The Bertz CT molecular complexity index is 994. The zero-order valence-corrected chi connectivity index (χ0v) is 13.9.